The van der Waals surface area contributed by atoms with E-state index in [1.807, 2.05) is 18.2 Å². The van der Waals surface area contributed by atoms with Gasteiger partial charge in [-0.1, -0.05) is 46.9 Å². The lowest BCUT2D eigenvalue weighted by atomic mass is 10.2. The molecule has 0 fully saturated rings. The van der Waals surface area contributed by atoms with Crippen molar-refractivity contribution in [2.24, 2.45) is 0 Å². The first kappa shape index (κ1) is 14.6. The molecular weight excluding hydrogens is 349 g/mol. The Hall–Kier alpha value is -1.33. The Labute approximate surface area is 141 Å². The highest BCUT2D eigenvalue weighted by Gasteiger charge is 2.13. The molecule has 0 saturated heterocycles. The van der Waals surface area contributed by atoms with Crippen molar-refractivity contribution in [3.63, 3.8) is 0 Å². The average Bonchev–Trinajstić information content (AvgIpc) is 2.81. The molecule has 2 aromatic carbocycles. The Kier molecular flexibility index (Phi) is 4.04. The maximum absolute atomic E-state index is 6.26. The van der Waals surface area contributed by atoms with Crippen molar-refractivity contribution in [3.8, 4) is 17.1 Å². The van der Waals surface area contributed by atoms with Gasteiger partial charge >= 0.3 is 0 Å². The fraction of sp³-hybridized carbons (Fsp3) is 0. The van der Waals surface area contributed by atoms with Crippen molar-refractivity contribution < 1.29 is 0 Å². The fourth-order valence-electron chi connectivity index (χ4n) is 2.00. The second-order valence-corrected chi connectivity index (χ2v) is 5.96. The molecule has 0 spiro atoms. The van der Waals surface area contributed by atoms with Gasteiger partial charge in [0.1, 0.15) is 0 Å². The zero-order valence-corrected chi connectivity index (χ0v) is 13.6. The number of benzene rings is 2. The van der Waals surface area contributed by atoms with Crippen LogP contribution in [0.4, 0.5) is 0 Å². The van der Waals surface area contributed by atoms with Crippen LogP contribution in [0.15, 0.2) is 42.5 Å². The molecule has 0 saturated carbocycles. The predicted molar refractivity (Wildman–Crippen MR) is 89.2 cm³/mol. The summed E-state index contributed by atoms with van der Waals surface area (Å²) in [7, 11) is 0. The minimum Gasteiger partial charge on any atom is -0.267 e. The van der Waals surface area contributed by atoms with Crippen molar-refractivity contribution in [2.45, 2.75) is 0 Å². The number of aromatic nitrogens is 3. The van der Waals surface area contributed by atoms with Crippen LogP contribution in [0.5, 0.6) is 0 Å². The van der Waals surface area contributed by atoms with Gasteiger partial charge in [0.15, 0.2) is 10.6 Å². The van der Waals surface area contributed by atoms with Gasteiger partial charge in [-0.3, -0.25) is 9.67 Å². The number of nitrogens with zero attached hydrogens (tertiary/aromatic N) is 2. The number of H-pyrrole nitrogens is 1. The van der Waals surface area contributed by atoms with Crippen LogP contribution < -0.4 is 0 Å². The molecule has 7 heteroatoms. The van der Waals surface area contributed by atoms with E-state index in [0.29, 0.717) is 31.4 Å². The monoisotopic (exact) mass is 355 g/mol. The molecule has 3 rings (SSSR count). The van der Waals surface area contributed by atoms with Gasteiger partial charge in [-0.2, -0.15) is 5.10 Å². The molecule has 0 amide bonds. The van der Waals surface area contributed by atoms with Crippen molar-refractivity contribution in [1.82, 2.24) is 14.8 Å². The summed E-state index contributed by atoms with van der Waals surface area (Å²) in [6.45, 7) is 0. The lowest BCUT2D eigenvalue weighted by Gasteiger charge is -2.09. The summed E-state index contributed by atoms with van der Waals surface area (Å²) in [5.41, 5.74) is 1.54. The van der Waals surface area contributed by atoms with Gasteiger partial charge in [0.25, 0.3) is 0 Å². The lowest BCUT2D eigenvalue weighted by Crippen LogP contribution is -1.98. The first-order valence-electron chi connectivity index (χ1n) is 5.95. The average molecular weight is 357 g/mol. The second-order valence-electron chi connectivity index (χ2n) is 4.29. The summed E-state index contributed by atoms with van der Waals surface area (Å²) in [5, 5.41) is 8.71. The van der Waals surface area contributed by atoms with Crippen LogP contribution in [-0.2, 0) is 0 Å². The number of nitrogens with one attached hydrogen (secondary N) is 1. The van der Waals surface area contributed by atoms with E-state index in [1.165, 1.54) is 0 Å². The molecule has 0 atom stereocenters. The number of rotatable bonds is 2. The molecular formula is C14H8Cl3N3S. The second kappa shape index (κ2) is 5.81. The number of aromatic amines is 1. The van der Waals surface area contributed by atoms with Gasteiger partial charge < -0.3 is 0 Å². The Morgan fingerprint density at radius 1 is 1.00 bits per heavy atom. The van der Waals surface area contributed by atoms with Gasteiger partial charge in [0.05, 0.1) is 10.7 Å². The summed E-state index contributed by atoms with van der Waals surface area (Å²) >= 11 is 23.5. The molecule has 1 N–H and O–H groups in total. The first-order valence-corrected chi connectivity index (χ1v) is 7.49. The van der Waals surface area contributed by atoms with Crippen molar-refractivity contribution in [2.75, 3.05) is 0 Å². The third-order valence-corrected chi connectivity index (χ3v) is 3.95. The highest BCUT2D eigenvalue weighted by Crippen LogP contribution is 2.29. The molecule has 0 unspecified atom stereocenters. The van der Waals surface area contributed by atoms with E-state index in [2.05, 4.69) is 10.2 Å². The van der Waals surface area contributed by atoms with Crippen LogP contribution >= 0.6 is 47.0 Å². The summed E-state index contributed by atoms with van der Waals surface area (Å²) in [6.07, 6.45) is 0. The van der Waals surface area contributed by atoms with Gasteiger partial charge in [0, 0.05) is 15.6 Å². The molecule has 21 heavy (non-hydrogen) atoms. The Bertz CT molecular complexity index is 870. The third kappa shape index (κ3) is 2.85. The summed E-state index contributed by atoms with van der Waals surface area (Å²) in [4.78, 5) is 0. The quantitative estimate of drug-likeness (QED) is 0.610. The van der Waals surface area contributed by atoms with E-state index < -0.39 is 0 Å². The van der Waals surface area contributed by atoms with E-state index in [-0.39, 0.29) is 0 Å². The number of hydrogen-bond acceptors (Lipinski definition) is 2. The normalized spacial score (nSPS) is 10.8. The highest BCUT2D eigenvalue weighted by atomic mass is 35.5. The molecule has 0 aliphatic heterocycles. The number of hydrogen-bond donors (Lipinski definition) is 1. The summed E-state index contributed by atoms with van der Waals surface area (Å²) < 4.78 is 2.19. The minimum atomic E-state index is 0.439. The number of halogens is 3. The molecule has 1 heterocycles. The van der Waals surface area contributed by atoms with Crippen LogP contribution in [0.25, 0.3) is 17.1 Å². The minimum absolute atomic E-state index is 0.439. The van der Waals surface area contributed by atoms with Gasteiger partial charge in [-0.25, -0.2) is 0 Å². The van der Waals surface area contributed by atoms with E-state index in [0.717, 1.165) is 5.56 Å². The molecule has 1 aromatic heterocycles. The summed E-state index contributed by atoms with van der Waals surface area (Å²) in [5.74, 6) is 0.631. The standard InChI is InChI=1S/C14H8Cl3N3S/c15-9-3-1-2-8(6-9)13-18-19-14(21)20(13)12-5-4-10(16)7-11(12)17/h1-7H,(H,19,21). The van der Waals surface area contributed by atoms with E-state index >= 15 is 0 Å². The Morgan fingerprint density at radius 3 is 2.48 bits per heavy atom. The maximum Gasteiger partial charge on any atom is 0.200 e. The third-order valence-electron chi connectivity index (χ3n) is 2.91. The topological polar surface area (TPSA) is 33.6 Å². The molecule has 3 aromatic rings. The Morgan fingerprint density at radius 2 is 1.76 bits per heavy atom. The van der Waals surface area contributed by atoms with E-state index in [1.54, 1.807) is 28.8 Å². The zero-order chi connectivity index (χ0) is 15.0. The van der Waals surface area contributed by atoms with Crippen molar-refractivity contribution >= 4 is 47.0 Å². The maximum atomic E-state index is 6.26. The SMILES string of the molecule is S=c1[nH]nc(-c2cccc(Cl)c2)n1-c1ccc(Cl)cc1Cl. The molecule has 0 radical (unpaired) electrons. The zero-order valence-electron chi connectivity index (χ0n) is 10.5. The molecule has 106 valence electrons. The van der Waals surface area contributed by atoms with Crippen LogP contribution in [-0.4, -0.2) is 14.8 Å². The van der Waals surface area contributed by atoms with Crippen LogP contribution in [0, 0.1) is 4.77 Å². The fourth-order valence-corrected chi connectivity index (χ4v) is 2.92. The van der Waals surface area contributed by atoms with Crippen LogP contribution in [0.3, 0.4) is 0 Å². The smallest absolute Gasteiger partial charge is 0.200 e. The molecule has 0 aliphatic rings. The Balaban J connectivity index is 2.25. The molecule has 0 bridgehead atoms. The van der Waals surface area contributed by atoms with E-state index in [9.17, 15) is 0 Å². The first-order chi connectivity index (χ1) is 10.1. The van der Waals surface area contributed by atoms with Gasteiger partial charge in [-0.15, -0.1) is 0 Å². The lowest BCUT2D eigenvalue weighted by molar-refractivity contribution is 1.04. The highest BCUT2D eigenvalue weighted by molar-refractivity contribution is 7.71. The van der Waals surface area contributed by atoms with Crippen molar-refractivity contribution in [3.05, 3.63) is 62.3 Å². The molecule has 3 nitrogen and oxygen atoms in total. The van der Waals surface area contributed by atoms with Crippen LogP contribution in [0.1, 0.15) is 0 Å². The predicted octanol–water partition coefficient (Wildman–Crippen LogP) is 5.56. The van der Waals surface area contributed by atoms with Crippen molar-refractivity contribution in [1.29, 1.82) is 0 Å². The van der Waals surface area contributed by atoms with Crippen LogP contribution in [0.2, 0.25) is 15.1 Å². The van der Waals surface area contributed by atoms with Gasteiger partial charge in [0.2, 0.25) is 0 Å². The largest absolute Gasteiger partial charge is 0.267 e. The molecule has 0 aliphatic carbocycles. The van der Waals surface area contributed by atoms with Gasteiger partial charge in [-0.05, 0) is 42.5 Å². The summed E-state index contributed by atoms with van der Waals surface area (Å²) in [6, 6.07) is 12.6. The van der Waals surface area contributed by atoms with E-state index in [4.69, 9.17) is 47.0 Å².